The molecule has 3 aliphatic carbocycles. The predicted molar refractivity (Wildman–Crippen MR) is 366 cm³/mol. The van der Waals surface area contributed by atoms with Crippen LogP contribution in [0.25, 0.3) is 34.9 Å². The molecule has 11 heteroatoms. The Hall–Kier alpha value is -6.55. The summed E-state index contributed by atoms with van der Waals surface area (Å²) < 4.78 is 70.9. The Bertz CT molecular complexity index is 3350. The summed E-state index contributed by atoms with van der Waals surface area (Å²) in [4.78, 5) is 0. The van der Waals surface area contributed by atoms with E-state index in [-0.39, 0.29) is 52.3 Å². The summed E-state index contributed by atoms with van der Waals surface area (Å²) in [7, 11) is 6.26. The molecule has 0 atom stereocenters. The number of rotatable bonds is 21. The van der Waals surface area contributed by atoms with Crippen molar-refractivity contribution in [3.05, 3.63) is 174 Å². The molecule has 0 unspecified atom stereocenters. The largest absolute Gasteiger partial charge is 0.496 e. The third kappa shape index (κ3) is 13.6. The second-order valence-corrected chi connectivity index (χ2v) is 30.7. The highest BCUT2D eigenvalue weighted by molar-refractivity contribution is 7.48. The minimum Gasteiger partial charge on any atom is -0.496 e. The molecule has 0 fully saturated rings. The van der Waals surface area contributed by atoms with Gasteiger partial charge in [0.2, 0.25) is 0 Å². The van der Waals surface area contributed by atoms with Crippen molar-refractivity contribution < 1.29 is 46.6 Å². The minimum atomic E-state index is -4.20. The maximum Gasteiger partial charge on any atom is 0.475 e. The number of phosphoric ester groups is 1. The third-order valence-electron chi connectivity index (χ3n) is 19.8. The molecule has 0 amide bonds. The van der Waals surface area contributed by atoms with Gasteiger partial charge in [0, 0.05) is 16.7 Å². The lowest BCUT2D eigenvalue weighted by molar-refractivity contribution is 0.0978. The van der Waals surface area contributed by atoms with E-state index in [0.29, 0.717) is 0 Å². The van der Waals surface area contributed by atoms with Gasteiger partial charge in [-0.25, -0.2) is 4.57 Å². The Morgan fingerprint density at radius 2 is 0.584 bits per heavy atom. The van der Waals surface area contributed by atoms with Gasteiger partial charge in [-0.1, -0.05) is 174 Å². The highest BCUT2D eigenvalue weighted by Gasteiger charge is 2.44. The number of benzene rings is 6. The summed E-state index contributed by atoms with van der Waals surface area (Å²) in [6.45, 7) is 34.0. The molecule has 3 aliphatic rings. The molecule has 0 saturated heterocycles. The van der Waals surface area contributed by atoms with Crippen LogP contribution in [0, 0.1) is 0 Å². The van der Waals surface area contributed by atoms with Crippen LogP contribution in [0.3, 0.4) is 0 Å². The Morgan fingerprint density at radius 1 is 0.360 bits per heavy atom. The van der Waals surface area contributed by atoms with Crippen molar-refractivity contribution in [2.24, 2.45) is 0 Å². The van der Waals surface area contributed by atoms with Gasteiger partial charge in [-0.3, -0.25) is 13.6 Å². The molecule has 9 rings (SSSR count). The summed E-state index contributed by atoms with van der Waals surface area (Å²) in [5.41, 5.74) is 18.6. The lowest BCUT2D eigenvalue weighted by Crippen LogP contribution is -2.34. The van der Waals surface area contributed by atoms with E-state index in [1.54, 1.807) is 42.7 Å². The monoisotopic (exact) mass is 1230 g/mol. The topological polar surface area (TPSA) is 100 Å². The van der Waals surface area contributed by atoms with Gasteiger partial charge in [-0.15, -0.1) is 0 Å². The van der Waals surface area contributed by atoms with Crippen LogP contribution < -0.4 is 28.4 Å². The molecule has 0 saturated carbocycles. The molecule has 6 aromatic rings. The quantitative estimate of drug-likeness (QED) is 0.0512. The normalized spacial score (nSPS) is 18.1. The van der Waals surface area contributed by atoms with Gasteiger partial charge < -0.3 is 28.4 Å². The van der Waals surface area contributed by atoms with E-state index in [2.05, 4.69) is 140 Å². The molecule has 476 valence electrons. The first-order valence-electron chi connectivity index (χ1n) is 31.6. The predicted octanol–water partition coefficient (Wildman–Crippen LogP) is 20.5. The van der Waals surface area contributed by atoms with Gasteiger partial charge in [-0.05, 0) is 177 Å². The van der Waals surface area contributed by atoms with Crippen molar-refractivity contribution in [1.29, 1.82) is 0 Å². The molecule has 89 heavy (non-hydrogen) atoms. The highest BCUT2D eigenvalue weighted by Crippen LogP contribution is 2.58. The Kier molecular flexibility index (Phi) is 19.2. The van der Waals surface area contributed by atoms with Gasteiger partial charge >= 0.3 is 7.82 Å². The summed E-state index contributed by atoms with van der Waals surface area (Å²) in [5.74, 6) is 4.97. The van der Waals surface area contributed by atoms with Crippen molar-refractivity contribution in [3.8, 4) is 34.5 Å². The first kappa shape index (κ1) is 66.9. The smallest absolute Gasteiger partial charge is 0.475 e. The van der Waals surface area contributed by atoms with Crippen molar-refractivity contribution >= 4 is 42.8 Å². The zero-order chi connectivity index (χ0) is 64.8. The molecule has 0 radical (unpaired) electrons. The summed E-state index contributed by atoms with van der Waals surface area (Å²) >= 11 is 0. The standard InChI is InChI=1S/C78H99O10P/c1-49(64-61(80-16)43-58-67(70(64)83-19)76(10,11)37-34-73(58,4)5)40-52-22-28-55(29-23-52)46-86-89(79,87-47-56-30-24-53(25-31-56)41-50(2)65-62(81-17)44-59-68(71(65)84-20)77(12,13)38-35-74(59,6)7)88-48-57-32-26-54(27-33-57)42-51(3)66-63(82-18)45-60-69(72(66)85-21)78(14,15)39-36-75(60,8)9/h22-33,40-45H,34-39,46-48H2,1-21H3/b49-40+,50-41+,51-42+. The number of fused-ring (bicyclic) bond motifs is 3. The molecule has 6 aromatic carbocycles. The van der Waals surface area contributed by atoms with Crippen LogP contribution in [0.1, 0.15) is 226 Å². The van der Waals surface area contributed by atoms with Gasteiger partial charge in [0.05, 0.1) is 79.2 Å². The number of hydrogen-bond acceptors (Lipinski definition) is 10. The van der Waals surface area contributed by atoms with Gasteiger partial charge in [-0.2, -0.15) is 0 Å². The average molecular weight is 1230 g/mol. The van der Waals surface area contributed by atoms with Crippen molar-refractivity contribution in [3.63, 3.8) is 0 Å². The zero-order valence-electron chi connectivity index (χ0n) is 57.3. The number of allylic oxidation sites excluding steroid dienone is 3. The van der Waals surface area contributed by atoms with E-state index in [1.165, 1.54) is 33.4 Å². The SMILES string of the molecule is COc1cc2c(c(OC)c1/C(C)=C/c1ccc(COP(=O)(OCc3ccc(/C=C(\C)c4c(OC)cc5c(c4OC)C(C)(C)CCC5(C)C)cc3)OCc3ccc(/C=C(\C)c4c(OC)cc5c(c4OC)C(C)(C)CCC5(C)C)cc3)cc1)C(C)(C)CCC2(C)C. The Labute approximate surface area is 533 Å². The van der Waals surface area contributed by atoms with E-state index in [0.717, 1.165) is 140 Å². The first-order chi connectivity index (χ1) is 41.9. The molecule has 0 spiro atoms. The second-order valence-electron chi connectivity index (χ2n) is 29.0. The summed E-state index contributed by atoms with van der Waals surface area (Å²) in [5, 5.41) is 0. The Morgan fingerprint density at radius 3 is 0.798 bits per heavy atom. The van der Waals surface area contributed by atoms with E-state index in [1.807, 2.05) is 72.8 Å². The molecule has 0 aromatic heterocycles. The van der Waals surface area contributed by atoms with Crippen LogP contribution in [0.15, 0.2) is 91.0 Å². The molecular weight excluding hydrogens is 1130 g/mol. The number of phosphoric acid groups is 1. The minimum absolute atomic E-state index is 0.0135. The Balaban J connectivity index is 0.968. The lowest BCUT2D eigenvalue weighted by atomic mass is 9.62. The van der Waals surface area contributed by atoms with Crippen molar-refractivity contribution in [2.45, 2.75) is 195 Å². The van der Waals surface area contributed by atoms with Gasteiger partial charge in [0.1, 0.15) is 34.5 Å². The molecular formula is C78H99O10P. The fraction of sp³-hybridized carbons (Fsp3) is 0.462. The van der Waals surface area contributed by atoms with Crippen LogP contribution in [-0.4, -0.2) is 42.7 Å². The van der Waals surface area contributed by atoms with Crippen molar-refractivity contribution in [2.75, 3.05) is 42.7 Å². The number of methoxy groups -OCH3 is 6. The fourth-order valence-electron chi connectivity index (χ4n) is 14.1. The van der Waals surface area contributed by atoms with Crippen LogP contribution in [0.4, 0.5) is 0 Å². The lowest BCUT2D eigenvalue weighted by Gasteiger charge is -2.43. The molecule has 0 N–H and O–H groups in total. The second kappa shape index (κ2) is 25.6. The number of hydrogen-bond donors (Lipinski definition) is 0. The van der Waals surface area contributed by atoms with Crippen LogP contribution in [0.2, 0.25) is 0 Å². The zero-order valence-corrected chi connectivity index (χ0v) is 58.2. The summed E-state index contributed by atoms with van der Waals surface area (Å²) in [6, 6.07) is 30.7. The summed E-state index contributed by atoms with van der Waals surface area (Å²) in [6.07, 6.45) is 12.9. The fourth-order valence-corrected chi connectivity index (χ4v) is 15.2. The van der Waals surface area contributed by atoms with Crippen LogP contribution in [-0.2, 0) is 70.4 Å². The molecule has 0 bridgehead atoms. The molecule has 0 aliphatic heterocycles. The van der Waals surface area contributed by atoms with Gasteiger partial charge in [0.25, 0.3) is 0 Å². The van der Waals surface area contributed by atoms with E-state index in [9.17, 15) is 0 Å². The highest BCUT2D eigenvalue weighted by atomic mass is 31.2. The van der Waals surface area contributed by atoms with Crippen LogP contribution in [0.5, 0.6) is 34.5 Å². The van der Waals surface area contributed by atoms with E-state index >= 15 is 4.57 Å². The van der Waals surface area contributed by atoms with E-state index < -0.39 is 7.82 Å². The maximum atomic E-state index is 15.0. The maximum absolute atomic E-state index is 15.0. The van der Waals surface area contributed by atoms with E-state index in [4.69, 9.17) is 42.0 Å². The first-order valence-corrected chi connectivity index (χ1v) is 33.1. The molecule has 0 heterocycles. The average Bonchev–Trinajstić information content (AvgIpc) is 0.765. The van der Waals surface area contributed by atoms with Crippen molar-refractivity contribution in [1.82, 2.24) is 0 Å². The van der Waals surface area contributed by atoms with Gasteiger partial charge in [0.15, 0.2) is 0 Å². The van der Waals surface area contributed by atoms with Crippen LogP contribution >= 0.6 is 7.82 Å². The molecule has 10 nitrogen and oxygen atoms in total. The number of ether oxygens (including phenoxy) is 6. The third-order valence-corrected chi connectivity index (χ3v) is 21.1.